The van der Waals surface area contributed by atoms with E-state index in [4.69, 9.17) is 4.74 Å². The van der Waals surface area contributed by atoms with E-state index < -0.39 is 26.6 Å². The van der Waals surface area contributed by atoms with E-state index in [9.17, 15) is 17.2 Å². The Labute approximate surface area is 248 Å². The molecule has 0 aliphatic carbocycles. The summed E-state index contributed by atoms with van der Waals surface area (Å²) in [5.41, 5.74) is 5.68. The molecule has 0 radical (unpaired) electrons. The summed E-state index contributed by atoms with van der Waals surface area (Å²) in [6.07, 6.45) is 7.23. The average molecular weight is 599 g/mol. The molecular weight excluding hydrogens is 570 g/mol. The Morgan fingerprint density at radius 3 is 2.47 bits per heavy atom. The molecule has 0 bridgehead atoms. The molecular formula is C33H28F2N4O3S. The zero-order chi connectivity index (χ0) is 29.7. The van der Waals surface area contributed by atoms with Crippen molar-refractivity contribution in [1.29, 1.82) is 0 Å². The maximum absolute atomic E-state index is 14.3. The maximum Gasteiger partial charge on any atom is 0.264 e. The van der Waals surface area contributed by atoms with Crippen LogP contribution in [0.3, 0.4) is 0 Å². The summed E-state index contributed by atoms with van der Waals surface area (Å²) >= 11 is 0. The topological polar surface area (TPSA) is 84.2 Å². The minimum absolute atomic E-state index is 0.00455. The van der Waals surface area contributed by atoms with Gasteiger partial charge in [0.15, 0.2) is 0 Å². The standard InChI is InChI=1S/C33H28F2N4O3S/c1-42-33-29(38-43(40,41)31-12-10-24(34)18-27(31)35)17-23(19-37-33)22-9-11-28-26(16-22)25(13-14-36-28)20-5-7-21(8-6-20)32-30-4-2-3-15-39(30)32/h5-14,16-19,30,32,38H,2-4,15H2,1H3. The number of nitrogens with one attached hydrogen (secondary N) is 1. The van der Waals surface area contributed by atoms with Crippen LogP contribution in [0.15, 0.2) is 90.1 Å². The number of fused-ring (bicyclic) bond motifs is 2. The lowest BCUT2D eigenvalue weighted by atomic mass is 9.96. The van der Waals surface area contributed by atoms with Gasteiger partial charge in [-0.1, -0.05) is 36.8 Å². The molecule has 1 N–H and O–H groups in total. The molecule has 0 saturated carbocycles. The first-order chi connectivity index (χ1) is 20.8. The third-order valence-corrected chi connectivity index (χ3v) is 9.73. The zero-order valence-electron chi connectivity index (χ0n) is 23.3. The van der Waals surface area contributed by atoms with Crippen LogP contribution in [0, 0.1) is 11.6 Å². The van der Waals surface area contributed by atoms with Gasteiger partial charge >= 0.3 is 0 Å². The van der Waals surface area contributed by atoms with E-state index in [0.29, 0.717) is 23.7 Å². The number of rotatable bonds is 7. The normalized spacial score (nSPS) is 19.6. The molecule has 10 heteroatoms. The molecule has 2 aromatic heterocycles. The van der Waals surface area contributed by atoms with Gasteiger partial charge in [0.2, 0.25) is 5.88 Å². The molecule has 7 nitrogen and oxygen atoms in total. The first kappa shape index (κ1) is 27.4. The summed E-state index contributed by atoms with van der Waals surface area (Å²) < 4.78 is 61.3. The molecule has 218 valence electrons. The number of sulfonamides is 1. The Kier molecular flexibility index (Phi) is 6.82. The molecule has 0 spiro atoms. The lowest BCUT2D eigenvalue weighted by molar-refractivity contribution is 0.400. The van der Waals surface area contributed by atoms with Crippen LogP contribution in [0.2, 0.25) is 0 Å². The van der Waals surface area contributed by atoms with Crippen LogP contribution in [-0.2, 0) is 10.0 Å². The van der Waals surface area contributed by atoms with Crippen molar-refractivity contribution in [3.05, 3.63) is 102 Å². The molecule has 4 heterocycles. The first-order valence-corrected chi connectivity index (χ1v) is 15.6. The van der Waals surface area contributed by atoms with Gasteiger partial charge < -0.3 is 4.74 Å². The highest BCUT2D eigenvalue weighted by atomic mass is 32.2. The average Bonchev–Trinajstić information content (AvgIpc) is 3.75. The first-order valence-electron chi connectivity index (χ1n) is 14.1. The largest absolute Gasteiger partial charge is 0.480 e. The van der Waals surface area contributed by atoms with Gasteiger partial charge in [-0.05, 0) is 78.0 Å². The summed E-state index contributed by atoms with van der Waals surface area (Å²) in [7, 11) is -3.05. The van der Waals surface area contributed by atoms with Gasteiger partial charge in [-0.15, -0.1) is 0 Å². The lowest BCUT2D eigenvalue weighted by Gasteiger charge is -2.14. The molecule has 3 aromatic carbocycles. The molecule has 7 rings (SSSR count). The molecule has 2 aliphatic heterocycles. The van der Waals surface area contributed by atoms with Crippen LogP contribution >= 0.6 is 0 Å². The van der Waals surface area contributed by atoms with Crippen molar-refractivity contribution < 1.29 is 21.9 Å². The van der Waals surface area contributed by atoms with E-state index in [-0.39, 0.29) is 11.6 Å². The summed E-state index contributed by atoms with van der Waals surface area (Å²) in [4.78, 5) is 10.7. The van der Waals surface area contributed by atoms with Crippen molar-refractivity contribution in [2.45, 2.75) is 36.2 Å². The zero-order valence-corrected chi connectivity index (χ0v) is 24.1. The number of hydrogen-bond donors (Lipinski definition) is 1. The number of halogens is 2. The van der Waals surface area contributed by atoms with Crippen LogP contribution in [0.4, 0.5) is 14.5 Å². The Balaban J connectivity index is 1.22. The maximum atomic E-state index is 14.3. The third kappa shape index (κ3) is 5.10. The quantitative estimate of drug-likeness (QED) is 0.204. The van der Waals surface area contributed by atoms with Gasteiger partial charge in [0.05, 0.1) is 18.7 Å². The van der Waals surface area contributed by atoms with Gasteiger partial charge in [-0.2, -0.15) is 0 Å². The molecule has 3 atom stereocenters. The molecule has 2 aliphatic rings. The van der Waals surface area contributed by atoms with Crippen LogP contribution in [0.25, 0.3) is 33.2 Å². The molecule has 43 heavy (non-hydrogen) atoms. The molecule has 5 aromatic rings. The second-order valence-corrected chi connectivity index (χ2v) is 12.6. The van der Waals surface area contributed by atoms with Crippen molar-refractivity contribution in [1.82, 2.24) is 14.9 Å². The van der Waals surface area contributed by atoms with Gasteiger partial charge in [-0.3, -0.25) is 14.6 Å². The highest BCUT2D eigenvalue weighted by molar-refractivity contribution is 7.92. The van der Waals surface area contributed by atoms with Crippen molar-refractivity contribution in [3.8, 4) is 28.1 Å². The van der Waals surface area contributed by atoms with Gasteiger partial charge in [-0.25, -0.2) is 22.2 Å². The number of piperidine rings is 1. The smallest absolute Gasteiger partial charge is 0.264 e. The van der Waals surface area contributed by atoms with Crippen molar-refractivity contribution in [2.75, 3.05) is 18.4 Å². The van der Waals surface area contributed by atoms with E-state index in [0.717, 1.165) is 39.7 Å². The summed E-state index contributed by atoms with van der Waals surface area (Å²) in [5.74, 6) is -2.08. The number of anilines is 1. The van der Waals surface area contributed by atoms with Gasteiger partial charge in [0.1, 0.15) is 22.2 Å². The Bertz CT molecular complexity index is 1960. The van der Waals surface area contributed by atoms with Crippen molar-refractivity contribution in [3.63, 3.8) is 0 Å². The van der Waals surface area contributed by atoms with Gasteiger partial charge in [0.25, 0.3) is 10.0 Å². The van der Waals surface area contributed by atoms with Gasteiger partial charge in [0, 0.05) is 35.5 Å². The number of ether oxygens (including phenoxy) is 1. The summed E-state index contributed by atoms with van der Waals surface area (Å²) in [5, 5.41) is 0.933. The van der Waals surface area contributed by atoms with Crippen molar-refractivity contribution >= 4 is 26.6 Å². The molecule has 2 fully saturated rings. The number of pyridine rings is 2. The summed E-state index contributed by atoms with van der Waals surface area (Å²) in [6, 6.07) is 21.6. The highest BCUT2D eigenvalue weighted by Crippen LogP contribution is 2.48. The fourth-order valence-electron chi connectivity index (χ4n) is 6.20. The molecule has 0 amide bonds. The molecule has 2 saturated heterocycles. The number of aromatic nitrogens is 2. The van der Waals surface area contributed by atoms with Crippen LogP contribution in [-0.4, -0.2) is 43.0 Å². The predicted octanol–water partition coefficient (Wildman–Crippen LogP) is 6.96. The van der Waals surface area contributed by atoms with Crippen molar-refractivity contribution in [2.24, 2.45) is 0 Å². The fraction of sp³-hybridized carbons (Fsp3) is 0.212. The minimum Gasteiger partial charge on any atom is -0.480 e. The second kappa shape index (κ2) is 10.7. The van der Waals surface area contributed by atoms with E-state index >= 15 is 0 Å². The third-order valence-electron chi connectivity index (χ3n) is 8.33. The second-order valence-electron chi connectivity index (χ2n) is 10.9. The SMILES string of the molecule is COc1ncc(-c2ccc3nccc(-c4ccc(C5C6CCCCN65)cc4)c3c2)cc1NS(=O)(=O)c1ccc(F)cc1F. The number of nitrogens with zero attached hydrogens (tertiary/aromatic N) is 3. The van der Waals surface area contributed by atoms with E-state index in [2.05, 4.69) is 43.9 Å². The fourth-order valence-corrected chi connectivity index (χ4v) is 7.31. The number of hydrogen-bond acceptors (Lipinski definition) is 6. The van der Waals surface area contributed by atoms with Crippen LogP contribution in [0.5, 0.6) is 5.88 Å². The monoisotopic (exact) mass is 598 g/mol. The Morgan fingerprint density at radius 1 is 0.907 bits per heavy atom. The predicted molar refractivity (Wildman–Crippen MR) is 161 cm³/mol. The van der Waals surface area contributed by atoms with E-state index in [1.165, 1.54) is 38.5 Å². The number of benzene rings is 3. The van der Waals surface area contributed by atoms with E-state index in [1.807, 2.05) is 24.3 Å². The van der Waals surface area contributed by atoms with E-state index in [1.54, 1.807) is 18.5 Å². The lowest BCUT2D eigenvalue weighted by Crippen LogP contribution is -2.15. The summed E-state index contributed by atoms with van der Waals surface area (Å²) in [6.45, 7) is 1.18. The number of methoxy groups -OCH3 is 1. The van der Waals surface area contributed by atoms with Crippen LogP contribution in [0.1, 0.15) is 30.9 Å². The minimum atomic E-state index is -4.41. The van der Waals surface area contributed by atoms with Crippen LogP contribution < -0.4 is 9.46 Å². The Morgan fingerprint density at radius 2 is 1.72 bits per heavy atom. The highest BCUT2D eigenvalue weighted by Gasteiger charge is 2.48. The Hall–Kier alpha value is -4.41. The molecule has 3 unspecified atom stereocenters.